The molecule has 0 radical (unpaired) electrons. The number of rotatable bonds is 4. The molecule has 1 heterocycles. The van der Waals surface area contributed by atoms with Gasteiger partial charge in [0.15, 0.2) is 0 Å². The van der Waals surface area contributed by atoms with Gasteiger partial charge in [-0.05, 0) is 24.3 Å². The second kappa shape index (κ2) is 4.69. The van der Waals surface area contributed by atoms with Crippen molar-refractivity contribution in [2.45, 2.75) is 6.10 Å². The maximum atomic E-state index is 10.7. The molecule has 6 nitrogen and oxygen atoms in total. The first-order valence-electron chi connectivity index (χ1n) is 4.86. The van der Waals surface area contributed by atoms with Crippen molar-refractivity contribution in [2.24, 2.45) is 5.28 Å². The summed E-state index contributed by atoms with van der Waals surface area (Å²) < 4.78 is 10.4. The highest BCUT2D eigenvalue weighted by Crippen LogP contribution is 2.17. The molecular formula is C10H12N2O4. The molecule has 86 valence electrons. The summed E-state index contributed by atoms with van der Waals surface area (Å²) in [5.74, 6) is 1.47. The summed E-state index contributed by atoms with van der Waals surface area (Å²) in [6.45, 7) is 0.505. The fourth-order valence-corrected chi connectivity index (χ4v) is 1.30. The number of ether oxygens (including phenoxy) is 2. The van der Waals surface area contributed by atoms with Gasteiger partial charge in [-0.1, -0.05) is 4.86 Å². The highest BCUT2D eigenvalue weighted by atomic mass is 16.7. The largest absolute Gasteiger partial charge is 0.597 e. The lowest BCUT2D eigenvalue weighted by molar-refractivity contribution is -0.523. The third-order valence-electron chi connectivity index (χ3n) is 2.14. The van der Waals surface area contributed by atoms with E-state index in [9.17, 15) is 5.21 Å². The first kappa shape index (κ1) is 10.5. The SMILES string of the molecule is COc1ccc(OCC2C[N+]([O-])=NO2)cc1. The smallest absolute Gasteiger partial charge is 0.228 e. The van der Waals surface area contributed by atoms with Gasteiger partial charge in [0.1, 0.15) is 18.1 Å². The molecule has 0 fully saturated rings. The van der Waals surface area contributed by atoms with Gasteiger partial charge in [-0.15, -0.1) is 0 Å². The minimum atomic E-state index is -0.306. The molecule has 1 aromatic rings. The van der Waals surface area contributed by atoms with E-state index in [1.165, 1.54) is 0 Å². The van der Waals surface area contributed by atoms with Crippen LogP contribution >= 0.6 is 0 Å². The quantitative estimate of drug-likeness (QED) is 0.572. The van der Waals surface area contributed by atoms with Crippen molar-refractivity contribution in [1.29, 1.82) is 0 Å². The summed E-state index contributed by atoms with van der Waals surface area (Å²) in [4.78, 5) is 5.32. The van der Waals surface area contributed by atoms with E-state index in [-0.39, 0.29) is 12.6 Å². The molecule has 0 saturated carbocycles. The molecule has 0 bridgehead atoms. The Balaban J connectivity index is 1.81. The maximum Gasteiger partial charge on any atom is 0.228 e. The number of hydroxylamine groups is 1. The predicted molar refractivity (Wildman–Crippen MR) is 54.3 cm³/mol. The van der Waals surface area contributed by atoms with Gasteiger partial charge in [-0.2, -0.15) is 0 Å². The highest BCUT2D eigenvalue weighted by Gasteiger charge is 2.24. The van der Waals surface area contributed by atoms with Gasteiger partial charge in [0.05, 0.1) is 7.11 Å². The minimum absolute atomic E-state index is 0.205. The number of hydrogen-bond acceptors (Lipinski definition) is 5. The zero-order chi connectivity index (χ0) is 11.4. The van der Waals surface area contributed by atoms with Crippen molar-refractivity contribution in [3.8, 4) is 11.5 Å². The van der Waals surface area contributed by atoms with Gasteiger partial charge in [-0.3, -0.25) is 0 Å². The molecule has 16 heavy (non-hydrogen) atoms. The van der Waals surface area contributed by atoms with E-state index < -0.39 is 0 Å². The fourth-order valence-electron chi connectivity index (χ4n) is 1.30. The molecule has 1 aliphatic heterocycles. The van der Waals surface area contributed by atoms with Crippen molar-refractivity contribution < 1.29 is 19.2 Å². The summed E-state index contributed by atoms with van der Waals surface area (Å²) in [5, 5.41) is 13.9. The number of methoxy groups -OCH3 is 1. The lowest BCUT2D eigenvalue weighted by Crippen LogP contribution is -2.22. The normalized spacial score (nSPS) is 18.8. The Morgan fingerprint density at radius 3 is 2.69 bits per heavy atom. The average Bonchev–Trinajstić information content (AvgIpc) is 2.73. The van der Waals surface area contributed by atoms with Crippen LogP contribution in [0.1, 0.15) is 0 Å². The van der Waals surface area contributed by atoms with E-state index in [0.717, 1.165) is 5.75 Å². The van der Waals surface area contributed by atoms with Crippen molar-refractivity contribution in [3.05, 3.63) is 29.5 Å². The van der Waals surface area contributed by atoms with Crippen LogP contribution in [-0.2, 0) is 4.84 Å². The van der Waals surface area contributed by atoms with E-state index in [4.69, 9.17) is 14.3 Å². The molecule has 1 aliphatic rings. The molecule has 0 spiro atoms. The van der Waals surface area contributed by atoms with Crippen LogP contribution in [0.2, 0.25) is 0 Å². The van der Waals surface area contributed by atoms with Gasteiger partial charge in [0.25, 0.3) is 0 Å². The molecule has 2 rings (SSSR count). The Morgan fingerprint density at radius 1 is 1.44 bits per heavy atom. The van der Waals surface area contributed by atoms with Crippen molar-refractivity contribution in [1.82, 2.24) is 0 Å². The molecule has 1 atom stereocenters. The van der Waals surface area contributed by atoms with Crippen LogP contribution in [-0.4, -0.2) is 31.2 Å². The first-order valence-corrected chi connectivity index (χ1v) is 4.86. The van der Waals surface area contributed by atoms with E-state index in [1.54, 1.807) is 31.4 Å². The van der Waals surface area contributed by atoms with Crippen LogP contribution in [0.4, 0.5) is 0 Å². The predicted octanol–water partition coefficient (Wildman–Crippen LogP) is 1.35. The third kappa shape index (κ3) is 2.53. The average molecular weight is 224 g/mol. The van der Waals surface area contributed by atoms with Crippen LogP contribution in [0, 0.1) is 5.21 Å². The van der Waals surface area contributed by atoms with Crippen molar-refractivity contribution >= 4 is 0 Å². The Bertz CT molecular complexity index is 377. The summed E-state index contributed by atoms with van der Waals surface area (Å²) in [6.07, 6.45) is -0.306. The summed E-state index contributed by atoms with van der Waals surface area (Å²) in [6, 6.07) is 7.18. The molecule has 0 aromatic heterocycles. The number of hydrogen-bond donors (Lipinski definition) is 0. The maximum absolute atomic E-state index is 10.7. The second-order valence-corrected chi connectivity index (χ2v) is 3.33. The monoisotopic (exact) mass is 224 g/mol. The van der Waals surface area contributed by atoms with Crippen molar-refractivity contribution in [3.63, 3.8) is 0 Å². The van der Waals surface area contributed by atoms with Crippen LogP contribution in [0.25, 0.3) is 0 Å². The van der Waals surface area contributed by atoms with Crippen molar-refractivity contribution in [2.75, 3.05) is 20.3 Å². The zero-order valence-corrected chi connectivity index (χ0v) is 8.83. The lowest BCUT2D eigenvalue weighted by atomic mass is 10.3. The molecule has 0 N–H and O–H groups in total. The number of nitrogens with zero attached hydrogens (tertiary/aromatic N) is 2. The van der Waals surface area contributed by atoms with Crippen LogP contribution in [0.15, 0.2) is 29.5 Å². The Kier molecular flexibility index (Phi) is 3.09. The van der Waals surface area contributed by atoms with E-state index in [0.29, 0.717) is 17.2 Å². The van der Waals surface area contributed by atoms with Gasteiger partial charge >= 0.3 is 0 Å². The summed E-state index contributed by atoms with van der Waals surface area (Å²) in [7, 11) is 1.60. The zero-order valence-electron chi connectivity index (χ0n) is 8.83. The second-order valence-electron chi connectivity index (χ2n) is 3.33. The first-order chi connectivity index (χ1) is 7.78. The van der Waals surface area contributed by atoms with Crippen LogP contribution in [0.3, 0.4) is 0 Å². The van der Waals surface area contributed by atoms with Gasteiger partial charge in [0.2, 0.25) is 17.9 Å². The molecule has 0 saturated heterocycles. The molecule has 6 heteroatoms. The number of benzene rings is 1. The molecule has 1 unspecified atom stereocenters. The van der Waals surface area contributed by atoms with Crippen LogP contribution < -0.4 is 9.47 Å². The Hall–Kier alpha value is -1.98. The van der Waals surface area contributed by atoms with Gasteiger partial charge in [-0.25, -0.2) is 0 Å². The van der Waals surface area contributed by atoms with Crippen LogP contribution in [0.5, 0.6) is 11.5 Å². The minimum Gasteiger partial charge on any atom is -0.597 e. The van der Waals surface area contributed by atoms with E-state index in [1.807, 2.05) is 0 Å². The summed E-state index contributed by atoms with van der Waals surface area (Å²) in [5.41, 5.74) is 0. The fraction of sp³-hybridized carbons (Fsp3) is 0.400. The Labute approximate surface area is 92.6 Å². The Morgan fingerprint density at radius 2 is 2.12 bits per heavy atom. The molecule has 0 aliphatic carbocycles. The van der Waals surface area contributed by atoms with E-state index >= 15 is 0 Å². The topological polar surface area (TPSA) is 66.1 Å². The highest BCUT2D eigenvalue weighted by molar-refractivity contribution is 5.31. The van der Waals surface area contributed by atoms with E-state index in [2.05, 4.69) is 5.28 Å². The third-order valence-corrected chi connectivity index (χ3v) is 2.14. The standard InChI is InChI=1S/C10H12N2O4/c1-14-8-2-4-9(5-3-8)15-7-10-6-12(13)11-16-10/h2-5,10H,6-7H2,1H3. The van der Waals surface area contributed by atoms with Gasteiger partial charge < -0.3 is 19.5 Å². The summed E-state index contributed by atoms with van der Waals surface area (Å²) >= 11 is 0. The van der Waals surface area contributed by atoms with Gasteiger partial charge in [0, 0.05) is 0 Å². The lowest BCUT2D eigenvalue weighted by Gasteiger charge is -2.08. The molecule has 0 amide bonds. The molecule has 1 aromatic carbocycles. The molecular weight excluding hydrogens is 212 g/mol.